The van der Waals surface area contributed by atoms with E-state index in [4.69, 9.17) is 16.3 Å². The average Bonchev–Trinajstić information content (AvgIpc) is 2.46. The minimum atomic E-state index is -0.512. The lowest BCUT2D eigenvalue weighted by atomic mass is 10.3. The zero-order valence-corrected chi connectivity index (χ0v) is 11.6. The molecular formula is C14H13ClN2O3. The number of ether oxygens (including phenoxy) is 2. The molecule has 0 saturated carbocycles. The summed E-state index contributed by atoms with van der Waals surface area (Å²) in [6.45, 7) is 0.324. The van der Waals surface area contributed by atoms with Crippen molar-refractivity contribution in [1.82, 2.24) is 4.98 Å². The van der Waals surface area contributed by atoms with E-state index >= 15 is 0 Å². The maximum Gasteiger partial charge on any atom is 0.411 e. The number of anilines is 1. The standard InChI is InChI=1S/C14H13ClN2O3/c1-19-14(18)17-10-5-7-12(8-6-10)20-9-11-3-2-4-13(15)16-11/h2-8H,9H2,1H3,(H,17,18). The number of carbonyl (C=O) groups is 1. The summed E-state index contributed by atoms with van der Waals surface area (Å²) in [6, 6.07) is 12.3. The lowest BCUT2D eigenvalue weighted by Crippen LogP contribution is -2.10. The molecule has 0 spiro atoms. The zero-order valence-electron chi connectivity index (χ0n) is 10.8. The van der Waals surface area contributed by atoms with Crippen molar-refractivity contribution in [2.24, 2.45) is 0 Å². The smallest absolute Gasteiger partial charge is 0.411 e. The molecule has 0 atom stereocenters. The number of amides is 1. The van der Waals surface area contributed by atoms with Gasteiger partial charge in [-0.1, -0.05) is 17.7 Å². The number of hydrogen-bond acceptors (Lipinski definition) is 4. The first-order chi connectivity index (χ1) is 9.67. The van der Waals surface area contributed by atoms with Crippen LogP contribution >= 0.6 is 11.6 Å². The molecule has 1 heterocycles. The lowest BCUT2D eigenvalue weighted by molar-refractivity contribution is 0.187. The van der Waals surface area contributed by atoms with E-state index in [-0.39, 0.29) is 0 Å². The minimum absolute atomic E-state index is 0.324. The third kappa shape index (κ3) is 4.13. The lowest BCUT2D eigenvalue weighted by Gasteiger charge is -2.07. The Labute approximate surface area is 121 Å². The van der Waals surface area contributed by atoms with Crippen molar-refractivity contribution in [2.75, 3.05) is 12.4 Å². The summed E-state index contributed by atoms with van der Waals surface area (Å²) >= 11 is 5.79. The summed E-state index contributed by atoms with van der Waals surface area (Å²) in [7, 11) is 1.31. The molecule has 1 N–H and O–H groups in total. The largest absolute Gasteiger partial charge is 0.487 e. The normalized spacial score (nSPS) is 9.90. The second-order valence-electron chi connectivity index (χ2n) is 3.88. The number of aromatic nitrogens is 1. The van der Waals surface area contributed by atoms with Gasteiger partial charge >= 0.3 is 6.09 Å². The van der Waals surface area contributed by atoms with Crippen molar-refractivity contribution in [3.05, 3.63) is 53.3 Å². The summed E-state index contributed by atoms with van der Waals surface area (Å²) in [6.07, 6.45) is -0.512. The van der Waals surface area contributed by atoms with Gasteiger partial charge in [-0.25, -0.2) is 9.78 Å². The van der Waals surface area contributed by atoms with Gasteiger partial charge in [0, 0.05) is 5.69 Å². The van der Waals surface area contributed by atoms with Crippen LogP contribution in [0.1, 0.15) is 5.69 Å². The number of pyridine rings is 1. The SMILES string of the molecule is COC(=O)Nc1ccc(OCc2cccc(Cl)n2)cc1. The van der Waals surface area contributed by atoms with Crippen LogP contribution in [0.4, 0.5) is 10.5 Å². The number of nitrogens with one attached hydrogen (secondary N) is 1. The van der Waals surface area contributed by atoms with E-state index in [0.717, 1.165) is 5.69 Å². The highest BCUT2D eigenvalue weighted by Crippen LogP contribution is 2.17. The average molecular weight is 293 g/mol. The molecule has 1 amide bonds. The van der Waals surface area contributed by atoms with Crippen molar-refractivity contribution in [3.63, 3.8) is 0 Å². The van der Waals surface area contributed by atoms with Crippen LogP contribution < -0.4 is 10.1 Å². The van der Waals surface area contributed by atoms with Gasteiger partial charge < -0.3 is 9.47 Å². The first-order valence-corrected chi connectivity index (χ1v) is 6.24. The van der Waals surface area contributed by atoms with Crippen LogP contribution in [0, 0.1) is 0 Å². The number of carbonyl (C=O) groups excluding carboxylic acids is 1. The van der Waals surface area contributed by atoms with Gasteiger partial charge in [-0.15, -0.1) is 0 Å². The molecule has 0 radical (unpaired) electrons. The van der Waals surface area contributed by atoms with Crippen LogP contribution in [0.5, 0.6) is 5.75 Å². The van der Waals surface area contributed by atoms with Gasteiger partial charge in [-0.2, -0.15) is 0 Å². The topological polar surface area (TPSA) is 60.5 Å². The van der Waals surface area contributed by atoms with Crippen LogP contribution in [0.15, 0.2) is 42.5 Å². The molecule has 104 valence electrons. The number of benzene rings is 1. The van der Waals surface area contributed by atoms with E-state index in [9.17, 15) is 4.79 Å². The first-order valence-electron chi connectivity index (χ1n) is 5.86. The molecule has 0 aliphatic heterocycles. The van der Waals surface area contributed by atoms with Gasteiger partial charge in [-0.3, -0.25) is 5.32 Å². The second-order valence-corrected chi connectivity index (χ2v) is 4.27. The van der Waals surface area contributed by atoms with Gasteiger partial charge in [0.05, 0.1) is 12.8 Å². The van der Waals surface area contributed by atoms with E-state index in [1.807, 2.05) is 12.1 Å². The molecule has 2 rings (SSSR count). The predicted molar refractivity (Wildman–Crippen MR) is 76.0 cm³/mol. The third-order valence-corrected chi connectivity index (χ3v) is 2.66. The Balaban J connectivity index is 1.92. The van der Waals surface area contributed by atoms with Crippen molar-refractivity contribution >= 4 is 23.4 Å². The highest BCUT2D eigenvalue weighted by Gasteiger charge is 2.02. The van der Waals surface area contributed by atoms with Gasteiger partial charge in [0.2, 0.25) is 0 Å². The maximum absolute atomic E-state index is 11.0. The van der Waals surface area contributed by atoms with Crippen LogP contribution in [-0.4, -0.2) is 18.2 Å². The molecule has 0 saturated heterocycles. The summed E-state index contributed by atoms with van der Waals surface area (Å²) in [5.41, 5.74) is 1.37. The molecule has 0 unspecified atom stereocenters. The van der Waals surface area contributed by atoms with E-state index in [1.54, 1.807) is 30.3 Å². The Bertz CT molecular complexity index is 587. The molecule has 1 aromatic heterocycles. The first kappa shape index (κ1) is 14.1. The fourth-order valence-electron chi connectivity index (χ4n) is 1.49. The summed E-state index contributed by atoms with van der Waals surface area (Å²) < 4.78 is 10.1. The number of halogens is 1. The molecule has 5 nitrogen and oxygen atoms in total. The molecule has 0 aliphatic carbocycles. The molecule has 0 bridgehead atoms. The second kappa shape index (κ2) is 6.77. The van der Waals surface area contributed by atoms with E-state index < -0.39 is 6.09 Å². The Morgan fingerprint density at radius 1 is 1.25 bits per heavy atom. The Hall–Kier alpha value is -2.27. The van der Waals surface area contributed by atoms with Crippen LogP contribution in [0.25, 0.3) is 0 Å². The fourth-order valence-corrected chi connectivity index (χ4v) is 1.67. The highest BCUT2D eigenvalue weighted by atomic mass is 35.5. The van der Waals surface area contributed by atoms with Gasteiger partial charge in [0.25, 0.3) is 0 Å². The third-order valence-electron chi connectivity index (χ3n) is 2.45. The number of rotatable bonds is 4. The number of nitrogens with zero attached hydrogens (tertiary/aromatic N) is 1. The molecule has 2 aromatic rings. The van der Waals surface area contributed by atoms with Gasteiger partial charge in [0.15, 0.2) is 0 Å². The van der Waals surface area contributed by atoms with Crippen molar-refractivity contribution in [2.45, 2.75) is 6.61 Å². The molecule has 0 fully saturated rings. The molecular weight excluding hydrogens is 280 g/mol. The van der Waals surface area contributed by atoms with Crippen LogP contribution in [0.3, 0.4) is 0 Å². The Kier molecular flexibility index (Phi) is 4.79. The number of hydrogen-bond donors (Lipinski definition) is 1. The van der Waals surface area contributed by atoms with Crippen LogP contribution in [-0.2, 0) is 11.3 Å². The van der Waals surface area contributed by atoms with E-state index in [0.29, 0.717) is 23.2 Å². The van der Waals surface area contributed by atoms with Crippen molar-refractivity contribution in [1.29, 1.82) is 0 Å². The maximum atomic E-state index is 11.0. The fraction of sp³-hybridized carbons (Fsp3) is 0.143. The highest BCUT2D eigenvalue weighted by molar-refractivity contribution is 6.29. The molecule has 6 heteroatoms. The zero-order chi connectivity index (χ0) is 14.4. The summed E-state index contributed by atoms with van der Waals surface area (Å²) in [5.74, 6) is 0.669. The van der Waals surface area contributed by atoms with E-state index in [2.05, 4.69) is 15.0 Å². The number of methoxy groups -OCH3 is 1. The van der Waals surface area contributed by atoms with Crippen LogP contribution in [0.2, 0.25) is 5.15 Å². The Morgan fingerprint density at radius 3 is 2.65 bits per heavy atom. The molecule has 20 heavy (non-hydrogen) atoms. The minimum Gasteiger partial charge on any atom is -0.487 e. The van der Waals surface area contributed by atoms with Crippen molar-refractivity contribution < 1.29 is 14.3 Å². The molecule has 0 aliphatic rings. The molecule has 1 aromatic carbocycles. The van der Waals surface area contributed by atoms with E-state index in [1.165, 1.54) is 7.11 Å². The summed E-state index contributed by atoms with van der Waals surface area (Å²) in [5, 5.41) is 2.99. The monoisotopic (exact) mass is 292 g/mol. The quantitative estimate of drug-likeness (QED) is 0.876. The Morgan fingerprint density at radius 2 is 2.00 bits per heavy atom. The van der Waals surface area contributed by atoms with Gasteiger partial charge in [0.1, 0.15) is 17.5 Å². The van der Waals surface area contributed by atoms with Gasteiger partial charge in [-0.05, 0) is 36.4 Å². The predicted octanol–water partition coefficient (Wildman–Crippen LogP) is 3.49. The van der Waals surface area contributed by atoms with Crippen molar-refractivity contribution in [3.8, 4) is 5.75 Å². The summed E-state index contributed by atoms with van der Waals surface area (Å²) in [4.78, 5) is 15.1.